The van der Waals surface area contributed by atoms with Crippen LogP contribution in [0.3, 0.4) is 0 Å². The number of alkyl halides is 5. The van der Waals surface area contributed by atoms with E-state index in [9.17, 15) is 22.0 Å². The molecule has 7 nitrogen and oxygen atoms in total. The third kappa shape index (κ3) is 4.61. The van der Waals surface area contributed by atoms with Crippen LogP contribution in [-0.4, -0.2) is 56.8 Å². The lowest BCUT2D eigenvalue weighted by Crippen LogP contribution is -2.38. The fraction of sp³-hybridized carbons (Fsp3) is 0.500. The van der Waals surface area contributed by atoms with E-state index in [0.29, 0.717) is 31.8 Å². The molecule has 1 unspecified atom stereocenters. The predicted molar refractivity (Wildman–Crippen MR) is 104 cm³/mol. The number of rotatable bonds is 6. The number of fused-ring (bicyclic) bond motifs is 1. The molecule has 0 saturated carbocycles. The molecule has 13 heteroatoms. The summed E-state index contributed by atoms with van der Waals surface area (Å²) in [5, 5.41) is 7.18. The molecular formula is C18H19F5N6OS. The standard InChI is InChI=1S/C18H19F5N6OS/c1-11(14-24-12-4-2-3-5-13(12)29(14)15(19)20)31-17-26-25-16(27-6-8-30-9-7-27)28(17)10-18(21,22)23/h2-5,11,15H,6-10H2,1H3. The Kier molecular flexibility index (Phi) is 6.06. The Morgan fingerprint density at radius 3 is 2.52 bits per heavy atom. The van der Waals surface area contributed by atoms with Gasteiger partial charge < -0.3 is 9.64 Å². The lowest BCUT2D eigenvalue weighted by atomic mass is 10.3. The van der Waals surface area contributed by atoms with Crippen molar-refractivity contribution in [2.45, 2.75) is 36.6 Å². The molecule has 1 aliphatic heterocycles. The van der Waals surface area contributed by atoms with Crippen LogP contribution in [0, 0.1) is 0 Å². The lowest BCUT2D eigenvalue weighted by Gasteiger charge is -2.28. The van der Waals surface area contributed by atoms with Crippen LogP contribution >= 0.6 is 11.8 Å². The molecule has 4 rings (SSSR count). The van der Waals surface area contributed by atoms with Crippen molar-refractivity contribution in [1.29, 1.82) is 0 Å². The Bertz CT molecular complexity index is 1050. The summed E-state index contributed by atoms with van der Waals surface area (Å²) in [6.07, 6.45) is -4.50. The van der Waals surface area contributed by atoms with Gasteiger partial charge in [-0.15, -0.1) is 10.2 Å². The van der Waals surface area contributed by atoms with E-state index in [1.165, 1.54) is 6.07 Å². The number of benzene rings is 1. The van der Waals surface area contributed by atoms with Crippen molar-refractivity contribution < 1.29 is 26.7 Å². The van der Waals surface area contributed by atoms with Crippen LogP contribution in [0.4, 0.5) is 27.9 Å². The summed E-state index contributed by atoms with van der Waals surface area (Å²) in [7, 11) is 0. The molecule has 31 heavy (non-hydrogen) atoms. The highest BCUT2D eigenvalue weighted by Gasteiger charge is 2.34. The van der Waals surface area contributed by atoms with Crippen molar-refractivity contribution in [3.8, 4) is 0 Å². The van der Waals surface area contributed by atoms with Crippen LogP contribution in [0.2, 0.25) is 0 Å². The highest BCUT2D eigenvalue weighted by molar-refractivity contribution is 7.99. The van der Waals surface area contributed by atoms with E-state index >= 15 is 0 Å². The van der Waals surface area contributed by atoms with E-state index in [0.717, 1.165) is 20.9 Å². The molecule has 2 aromatic heterocycles. The van der Waals surface area contributed by atoms with Crippen LogP contribution in [-0.2, 0) is 11.3 Å². The predicted octanol–water partition coefficient (Wildman–Crippen LogP) is 4.28. The topological polar surface area (TPSA) is 61.0 Å². The summed E-state index contributed by atoms with van der Waals surface area (Å²) in [6.45, 7) is -1.01. The number of morpholine rings is 1. The fourth-order valence-electron chi connectivity index (χ4n) is 3.45. The van der Waals surface area contributed by atoms with Crippen molar-refractivity contribution in [3.05, 3.63) is 30.1 Å². The molecule has 0 bridgehead atoms. The highest BCUT2D eigenvalue weighted by atomic mass is 32.2. The summed E-state index contributed by atoms with van der Waals surface area (Å²) in [5.41, 5.74) is 0.640. The van der Waals surface area contributed by atoms with Gasteiger partial charge in [0.1, 0.15) is 12.4 Å². The highest BCUT2D eigenvalue weighted by Crippen LogP contribution is 2.38. The van der Waals surface area contributed by atoms with Gasteiger partial charge in [0.15, 0.2) is 5.16 Å². The second-order valence-corrected chi connectivity index (χ2v) is 8.26. The lowest BCUT2D eigenvalue weighted by molar-refractivity contribution is -0.141. The monoisotopic (exact) mass is 462 g/mol. The maximum absolute atomic E-state index is 13.8. The van der Waals surface area contributed by atoms with Gasteiger partial charge in [-0.2, -0.15) is 22.0 Å². The Labute approximate surface area is 178 Å². The summed E-state index contributed by atoms with van der Waals surface area (Å²) >= 11 is 0.910. The van der Waals surface area contributed by atoms with E-state index in [2.05, 4.69) is 15.2 Å². The Morgan fingerprint density at radius 1 is 1.13 bits per heavy atom. The maximum Gasteiger partial charge on any atom is 0.406 e. The first kappa shape index (κ1) is 21.8. The zero-order valence-electron chi connectivity index (χ0n) is 16.4. The van der Waals surface area contributed by atoms with Gasteiger partial charge >= 0.3 is 12.7 Å². The summed E-state index contributed by atoms with van der Waals surface area (Å²) < 4.78 is 74.3. The molecule has 1 aliphatic rings. The second-order valence-electron chi connectivity index (χ2n) is 6.95. The van der Waals surface area contributed by atoms with Gasteiger partial charge in [-0.25, -0.2) is 4.98 Å². The number of hydrogen-bond acceptors (Lipinski definition) is 6. The molecule has 1 saturated heterocycles. The van der Waals surface area contributed by atoms with E-state index in [1.54, 1.807) is 30.0 Å². The van der Waals surface area contributed by atoms with Crippen molar-refractivity contribution in [3.63, 3.8) is 0 Å². The van der Waals surface area contributed by atoms with Gasteiger partial charge in [0.25, 0.3) is 0 Å². The zero-order chi connectivity index (χ0) is 22.2. The third-order valence-corrected chi connectivity index (χ3v) is 5.87. The van der Waals surface area contributed by atoms with Crippen LogP contribution in [0.25, 0.3) is 11.0 Å². The molecule has 0 N–H and O–H groups in total. The van der Waals surface area contributed by atoms with E-state index in [4.69, 9.17) is 4.74 Å². The number of anilines is 1. The summed E-state index contributed by atoms with van der Waals surface area (Å²) in [6, 6.07) is 6.44. The van der Waals surface area contributed by atoms with Gasteiger partial charge in [0.2, 0.25) is 5.95 Å². The first-order valence-corrected chi connectivity index (χ1v) is 10.4. The maximum atomic E-state index is 13.8. The SMILES string of the molecule is CC(Sc1nnc(N2CCOCC2)n1CC(F)(F)F)c1nc2ccccc2n1C(F)F. The van der Waals surface area contributed by atoms with Crippen LogP contribution in [0.1, 0.15) is 24.5 Å². The quantitative estimate of drug-likeness (QED) is 0.403. The second kappa shape index (κ2) is 8.61. The molecule has 1 fully saturated rings. The van der Waals surface area contributed by atoms with Crippen molar-refractivity contribution in [2.24, 2.45) is 0 Å². The van der Waals surface area contributed by atoms with E-state index in [-0.39, 0.29) is 22.4 Å². The first-order valence-electron chi connectivity index (χ1n) is 9.49. The number of imidazole rings is 1. The molecule has 1 aromatic carbocycles. The van der Waals surface area contributed by atoms with Crippen molar-refractivity contribution >= 4 is 28.7 Å². The third-order valence-electron chi connectivity index (χ3n) is 4.79. The minimum absolute atomic E-state index is 0.0146. The average Bonchev–Trinajstić information content (AvgIpc) is 3.29. The minimum Gasteiger partial charge on any atom is -0.378 e. The number of para-hydroxylation sites is 2. The number of nitrogens with zero attached hydrogens (tertiary/aromatic N) is 6. The number of ether oxygens (including phenoxy) is 1. The van der Waals surface area contributed by atoms with Gasteiger partial charge in [0.05, 0.1) is 29.5 Å². The molecule has 168 valence electrons. The van der Waals surface area contributed by atoms with Crippen LogP contribution in [0.5, 0.6) is 0 Å². The fourth-order valence-corrected chi connectivity index (χ4v) is 4.40. The number of hydrogen-bond donors (Lipinski definition) is 0. The normalized spacial score (nSPS) is 16.4. The molecule has 1 atom stereocenters. The number of halogens is 5. The van der Waals surface area contributed by atoms with Crippen molar-refractivity contribution in [1.82, 2.24) is 24.3 Å². The molecule has 0 spiro atoms. The largest absolute Gasteiger partial charge is 0.406 e. The number of thioether (sulfide) groups is 1. The van der Waals surface area contributed by atoms with Crippen LogP contribution in [0.15, 0.2) is 29.4 Å². The van der Waals surface area contributed by atoms with E-state index < -0.39 is 24.5 Å². The molecule has 0 amide bonds. The van der Waals surface area contributed by atoms with E-state index in [1.807, 2.05) is 0 Å². The summed E-state index contributed by atoms with van der Waals surface area (Å²) in [4.78, 5) is 5.96. The smallest absolute Gasteiger partial charge is 0.378 e. The minimum atomic E-state index is -4.50. The molecule has 3 aromatic rings. The molecule has 0 radical (unpaired) electrons. The molecule has 0 aliphatic carbocycles. The Morgan fingerprint density at radius 2 is 1.84 bits per heavy atom. The molecular weight excluding hydrogens is 443 g/mol. The zero-order valence-corrected chi connectivity index (χ0v) is 17.2. The van der Waals surface area contributed by atoms with Gasteiger partial charge in [-0.3, -0.25) is 9.13 Å². The Hall–Kier alpha value is -2.41. The number of aromatic nitrogens is 5. The Balaban J connectivity index is 1.68. The molecule has 3 heterocycles. The van der Waals surface area contributed by atoms with Crippen LogP contribution < -0.4 is 4.90 Å². The average molecular weight is 462 g/mol. The first-order chi connectivity index (χ1) is 14.7. The van der Waals surface area contributed by atoms with Crippen molar-refractivity contribution in [2.75, 3.05) is 31.2 Å². The van der Waals surface area contributed by atoms with Gasteiger partial charge in [-0.05, 0) is 19.1 Å². The summed E-state index contributed by atoms with van der Waals surface area (Å²) in [5.74, 6) is 0.133. The van der Waals surface area contributed by atoms with Gasteiger partial charge in [-0.1, -0.05) is 23.9 Å². The van der Waals surface area contributed by atoms with Gasteiger partial charge in [0, 0.05) is 13.1 Å².